The van der Waals surface area contributed by atoms with Crippen molar-refractivity contribution >= 4 is 17.5 Å². The molecule has 1 aromatic carbocycles. The first-order chi connectivity index (χ1) is 11.2. The molecule has 132 valence electrons. The molecule has 0 saturated carbocycles. The molecule has 1 aromatic rings. The van der Waals surface area contributed by atoms with Crippen LogP contribution in [0.1, 0.15) is 12.5 Å². The number of piperazine rings is 1. The van der Waals surface area contributed by atoms with Gasteiger partial charge in [0.15, 0.2) is 0 Å². The fourth-order valence-corrected chi connectivity index (χ4v) is 2.49. The molecule has 0 unspecified atom stereocenters. The highest BCUT2D eigenvalue weighted by molar-refractivity contribution is 5.68. The minimum atomic E-state index is -4.71. The van der Waals surface area contributed by atoms with E-state index >= 15 is 0 Å². The Morgan fingerprint density at radius 3 is 2.42 bits per heavy atom. The summed E-state index contributed by atoms with van der Waals surface area (Å²) in [6.07, 6.45) is -5.21. The number of halogens is 3. The Balaban J connectivity index is 2.21. The van der Waals surface area contributed by atoms with Crippen molar-refractivity contribution in [2.45, 2.75) is 13.1 Å². The van der Waals surface area contributed by atoms with Crippen LogP contribution in [0.25, 0.3) is 0 Å². The number of hydrogen-bond acceptors (Lipinski definition) is 5. The zero-order chi connectivity index (χ0) is 17.9. The van der Waals surface area contributed by atoms with Crippen LogP contribution in [-0.2, 0) is 10.9 Å². The van der Waals surface area contributed by atoms with Crippen molar-refractivity contribution in [3.63, 3.8) is 0 Å². The van der Waals surface area contributed by atoms with Gasteiger partial charge in [-0.15, -0.1) is 0 Å². The Kier molecular flexibility index (Phi) is 5.15. The van der Waals surface area contributed by atoms with Gasteiger partial charge in [-0.25, -0.2) is 4.79 Å². The van der Waals surface area contributed by atoms with Crippen LogP contribution in [0.4, 0.5) is 29.3 Å². The summed E-state index contributed by atoms with van der Waals surface area (Å²) in [5.74, 6) is 0. The van der Waals surface area contributed by atoms with Gasteiger partial charge in [0.2, 0.25) is 0 Å². The molecule has 0 atom stereocenters. The second kappa shape index (κ2) is 6.93. The lowest BCUT2D eigenvalue weighted by Crippen LogP contribution is -2.49. The molecule has 1 aliphatic heterocycles. The first-order valence-corrected chi connectivity index (χ1v) is 7.26. The number of nitrogens with zero attached hydrogens (tertiary/aromatic N) is 3. The molecule has 24 heavy (non-hydrogen) atoms. The molecule has 1 amide bonds. The largest absolute Gasteiger partial charge is 0.450 e. The van der Waals surface area contributed by atoms with Crippen molar-refractivity contribution in [3.05, 3.63) is 33.9 Å². The number of nitro benzene ring substituents is 1. The maximum Gasteiger partial charge on any atom is 0.418 e. The Morgan fingerprint density at radius 2 is 1.92 bits per heavy atom. The highest BCUT2D eigenvalue weighted by Gasteiger charge is 2.37. The van der Waals surface area contributed by atoms with E-state index in [0.29, 0.717) is 6.07 Å². The number of benzene rings is 1. The van der Waals surface area contributed by atoms with Crippen molar-refractivity contribution < 1.29 is 27.6 Å². The lowest BCUT2D eigenvalue weighted by atomic mass is 10.1. The van der Waals surface area contributed by atoms with Crippen LogP contribution < -0.4 is 4.90 Å². The van der Waals surface area contributed by atoms with E-state index in [1.807, 2.05) is 0 Å². The van der Waals surface area contributed by atoms with Crippen molar-refractivity contribution in [2.75, 3.05) is 37.7 Å². The quantitative estimate of drug-likeness (QED) is 0.621. The third-order valence-corrected chi connectivity index (χ3v) is 3.64. The van der Waals surface area contributed by atoms with Gasteiger partial charge in [0.05, 0.1) is 17.1 Å². The van der Waals surface area contributed by atoms with Gasteiger partial charge >= 0.3 is 12.3 Å². The molecule has 7 nitrogen and oxygen atoms in total. The van der Waals surface area contributed by atoms with E-state index in [0.717, 1.165) is 12.1 Å². The Bertz CT molecular complexity index is 628. The summed E-state index contributed by atoms with van der Waals surface area (Å²) >= 11 is 0. The van der Waals surface area contributed by atoms with Crippen LogP contribution in [0.3, 0.4) is 0 Å². The van der Waals surface area contributed by atoms with Crippen LogP contribution in [0.5, 0.6) is 0 Å². The van der Waals surface area contributed by atoms with Gasteiger partial charge in [-0.2, -0.15) is 13.2 Å². The molecule has 0 spiro atoms. The first kappa shape index (κ1) is 17.8. The lowest BCUT2D eigenvalue weighted by Gasteiger charge is -2.36. The monoisotopic (exact) mass is 347 g/mol. The van der Waals surface area contributed by atoms with E-state index in [1.165, 1.54) is 9.80 Å². The van der Waals surface area contributed by atoms with Crippen molar-refractivity contribution in [2.24, 2.45) is 0 Å². The molecule has 0 aromatic heterocycles. The van der Waals surface area contributed by atoms with Crippen molar-refractivity contribution in [1.82, 2.24) is 4.90 Å². The number of ether oxygens (including phenoxy) is 1. The van der Waals surface area contributed by atoms with Crippen LogP contribution in [0.2, 0.25) is 0 Å². The molecule has 1 heterocycles. The molecule has 0 bridgehead atoms. The molecule has 0 N–H and O–H groups in total. The van der Waals surface area contributed by atoms with E-state index in [4.69, 9.17) is 4.74 Å². The molecule has 0 radical (unpaired) electrons. The molecule has 0 aliphatic carbocycles. The number of nitro groups is 1. The van der Waals surface area contributed by atoms with E-state index < -0.39 is 28.4 Å². The third-order valence-electron chi connectivity index (χ3n) is 3.64. The number of carbonyl (C=O) groups excluding carboxylic acids is 1. The number of amides is 1. The normalized spacial score (nSPS) is 15.3. The van der Waals surface area contributed by atoms with Gasteiger partial charge in [-0.1, -0.05) is 0 Å². The first-order valence-electron chi connectivity index (χ1n) is 7.26. The SMILES string of the molecule is CCOC(=O)N1CCN(c2ccc([N+](=O)[O-])cc2C(F)(F)F)CC1. The lowest BCUT2D eigenvalue weighted by molar-refractivity contribution is -0.385. The molecule has 2 rings (SSSR count). The topological polar surface area (TPSA) is 75.9 Å². The standard InChI is InChI=1S/C14H16F3N3O4/c1-2-24-13(21)19-7-5-18(6-8-19)12-4-3-10(20(22)23)9-11(12)14(15,16)17/h3-4,9H,2,5-8H2,1H3. The fourth-order valence-electron chi connectivity index (χ4n) is 2.49. The Labute approximate surface area is 135 Å². The van der Waals surface area contributed by atoms with Crippen LogP contribution in [-0.4, -0.2) is 48.7 Å². The molecule has 1 saturated heterocycles. The summed E-state index contributed by atoms with van der Waals surface area (Å²) in [7, 11) is 0. The number of anilines is 1. The summed E-state index contributed by atoms with van der Waals surface area (Å²) in [6.45, 7) is 2.68. The van der Waals surface area contributed by atoms with Gasteiger partial charge < -0.3 is 14.5 Å². The molecular weight excluding hydrogens is 331 g/mol. The van der Waals surface area contributed by atoms with Crippen LogP contribution in [0.15, 0.2) is 18.2 Å². The average molecular weight is 347 g/mol. The smallest absolute Gasteiger partial charge is 0.418 e. The van der Waals surface area contributed by atoms with Crippen LogP contribution in [0, 0.1) is 10.1 Å². The maximum absolute atomic E-state index is 13.2. The van der Waals surface area contributed by atoms with Gasteiger partial charge in [-0.3, -0.25) is 10.1 Å². The highest BCUT2D eigenvalue weighted by atomic mass is 19.4. The molecule has 1 aliphatic rings. The second-order valence-electron chi connectivity index (χ2n) is 5.13. The van der Waals surface area contributed by atoms with E-state index in [-0.39, 0.29) is 38.5 Å². The third kappa shape index (κ3) is 3.87. The van der Waals surface area contributed by atoms with Crippen molar-refractivity contribution in [3.8, 4) is 0 Å². The number of rotatable bonds is 3. The summed E-state index contributed by atoms with van der Waals surface area (Å²) in [5, 5.41) is 10.7. The predicted octanol–water partition coefficient (Wildman–Crippen LogP) is 2.89. The summed E-state index contributed by atoms with van der Waals surface area (Å²) in [6, 6.07) is 2.68. The number of carbonyl (C=O) groups is 1. The van der Waals surface area contributed by atoms with E-state index in [9.17, 15) is 28.1 Å². The minimum Gasteiger partial charge on any atom is -0.450 e. The van der Waals surface area contributed by atoms with E-state index in [2.05, 4.69) is 0 Å². The number of non-ortho nitro benzene ring substituents is 1. The number of hydrogen-bond donors (Lipinski definition) is 0. The molecule has 10 heteroatoms. The van der Waals surface area contributed by atoms with Crippen molar-refractivity contribution in [1.29, 1.82) is 0 Å². The highest BCUT2D eigenvalue weighted by Crippen LogP contribution is 2.39. The van der Waals surface area contributed by atoms with E-state index in [1.54, 1.807) is 6.92 Å². The fraction of sp³-hybridized carbons (Fsp3) is 0.500. The second-order valence-corrected chi connectivity index (χ2v) is 5.13. The molecule has 1 fully saturated rings. The van der Waals surface area contributed by atoms with Gasteiger partial charge in [0.25, 0.3) is 5.69 Å². The summed E-state index contributed by atoms with van der Waals surface area (Å²) in [5.41, 5.74) is -1.80. The number of alkyl halides is 3. The average Bonchev–Trinajstić information content (AvgIpc) is 2.54. The van der Waals surface area contributed by atoms with Gasteiger partial charge in [0, 0.05) is 44.0 Å². The molecular formula is C14H16F3N3O4. The zero-order valence-electron chi connectivity index (χ0n) is 12.9. The Morgan fingerprint density at radius 1 is 1.29 bits per heavy atom. The Hall–Kier alpha value is -2.52. The predicted molar refractivity (Wildman–Crippen MR) is 78.9 cm³/mol. The van der Waals surface area contributed by atoms with Crippen LogP contribution >= 0.6 is 0 Å². The van der Waals surface area contributed by atoms with Gasteiger partial charge in [-0.05, 0) is 13.0 Å². The maximum atomic E-state index is 13.2. The summed E-state index contributed by atoms with van der Waals surface area (Å²) < 4.78 is 44.5. The van der Waals surface area contributed by atoms with Gasteiger partial charge in [0.1, 0.15) is 0 Å². The zero-order valence-corrected chi connectivity index (χ0v) is 12.9. The summed E-state index contributed by atoms with van der Waals surface area (Å²) in [4.78, 5) is 24.3. The minimum absolute atomic E-state index is 0.128.